The maximum absolute atomic E-state index is 4.21. The van der Waals surface area contributed by atoms with Crippen LogP contribution in [-0.2, 0) is 0 Å². The first-order valence-electron chi connectivity index (χ1n) is 3.99. The Labute approximate surface area is 67.4 Å². The molecule has 0 saturated carbocycles. The minimum atomic E-state index is 0.178. The average Bonchev–Trinajstić information content (AvgIpc) is 2.28. The third-order valence-electron chi connectivity index (χ3n) is 1.53. The molecule has 1 aliphatic rings. The fraction of sp³-hybridized carbons (Fsp3) is 0.556. The number of unbranched alkanes of at least 4 members (excludes halogenated alkanes) is 1. The molecule has 0 aromatic heterocycles. The SMILES string of the molecule is CCCCC1C#CN=CC=N1. The summed E-state index contributed by atoms with van der Waals surface area (Å²) in [6.45, 7) is 2.17. The third-order valence-corrected chi connectivity index (χ3v) is 1.53. The van der Waals surface area contributed by atoms with Crippen LogP contribution in [-0.4, -0.2) is 18.5 Å². The van der Waals surface area contributed by atoms with Gasteiger partial charge in [-0.15, -0.1) is 0 Å². The van der Waals surface area contributed by atoms with Gasteiger partial charge in [0.15, 0.2) is 0 Å². The highest BCUT2D eigenvalue weighted by atomic mass is 14.8. The van der Waals surface area contributed by atoms with E-state index < -0.39 is 0 Å². The second kappa shape index (κ2) is 4.68. The van der Waals surface area contributed by atoms with Crippen molar-refractivity contribution in [2.45, 2.75) is 32.2 Å². The Kier molecular flexibility index (Phi) is 3.40. The summed E-state index contributed by atoms with van der Waals surface area (Å²) in [6, 6.07) is 2.88. The molecule has 0 bridgehead atoms. The highest BCUT2D eigenvalue weighted by Gasteiger charge is 2.00. The van der Waals surface area contributed by atoms with E-state index in [9.17, 15) is 0 Å². The molecule has 0 fully saturated rings. The number of rotatable bonds is 3. The van der Waals surface area contributed by atoms with Crippen LogP contribution >= 0.6 is 0 Å². The molecule has 1 heterocycles. The zero-order chi connectivity index (χ0) is 7.94. The van der Waals surface area contributed by atoms with E-state index in [-0.39, 0.29) is 6.04 Å². The van der Waals surface area contributed by atoms with E-state index in [1.54, 1.807) is 12.4 Å². The van der Waals surface area contributed by atoms with Gasteiger partial charge in [-0.2, -0.15) is 0 Å². The lowest BCUT2D eigenvalue weighted by molar-refractivity contribution is 0.671. The van der Waals surface area contributed by atoms with E-state index in [1.807, 2.05) is 0 Å². The van der Waals surface area contributed by atoms with Gasteiger partial charge in [-0.3, -0.25) is 4.99 Å². The lowest BCUT2D eigenvalue weighted by atomic mass is 10.1. The first kappa shape index (κ1) is 8.00. The van der Waals surface area contributed by atoms with Crippen molar-refractivity contribution in [2.24, 2.45) is 9.98 Å². The molecule has 0 amide bonds. The van der Waals surface area contributed by atoms with Crippen molar-refractivity contribution in [3.05, 3.63) is 0 Å². The van der Waals surface area contributed by atoms with Crippen molar-refractivity contribution in [3.8, 4) is 12.0 Å². The number of nitrogens with zero attached hydrogens (tertiary/aromatic N) is 2. The van der Waals surface area contributed by atoms with Gasteiger partial charge in [0.05, 0.1) is 6.21 Å². The largest absolute Gasteiger partial charge is 0.275 e. The molecule has 1 aliphatic heterocycles. The Balaban J connectivity index is 2.38. The van der Waals surface area contributed by atoms with Gasteiger partial charge in [0, 0.05) is 12.3 Å². The van der Waals surface area contributed by atoms with Gasteiger partial charge >= 0.3 is 0 Å². The van der Waals surface area contributed by atoms with Crippen molar-refractivity contribution in [1.29, 1.82) is 0 Å². The fourth-order valence-electron chi connectivity index (χ4n) is 0.906. The molecule has 58 valence electrons. The maximum Gasteiger partial charge on any atom is 0.112 e. The summed E-state index contributed by atoms with van der Waals surface area (Å²) in [5.74, 6) is 2.97. The summed E-state index contributed by atoms with van der Waals surface area (Å²) < 4.78 is 0. The zero-order valence-electron chi connectivity index (χ0n) is 6.75. The van der Waals surface area contributed by atoms with E-state index in [0.717, 1.165) is 6.42 Å². The molecule has 0 radical (unpaired) electrons. The van der Waals surface area contributed by atoms with E-state index in [4.69, 9.17) is 0 Å². The molecule has 0 aliphatic carbocycles. The predicted molar refractivity (Wildman–Crippen MR) is 48.1 cm³/mol. The van der Waals surface area contributed by atoms with Gasteiger partial charge in [0.1, 0.15) is 6.04 Å². The van der Waals surface area contributed by atoms with Crippen LogP contribution < -0.4 is 0 Å². The first-order chi connectivity index (χ1) is 5.43. The molecule has 0 N–H and O–H groups in total. The van der Waals surface area contributed by atoms with Gasteiger partial charge < -0.3 is 0 Å². The standard InChI is InChI=1S/C9H12N2/c1-2-3-4-9-5-6-10-7-8-11-9/h7-9H,2-4H2,1H3. The number of hydrogen-bond donors (Lipinski definition) is 0. The minimum absolute atomic E-state index is 0.178. The van der Waals surface area contributed by atoms with E-state index in [2.05, 4.69) is 28.9 Å². The van der Waals surface area contributed by atoms with Crippen LogP contribution in [0.15, 0.2) is 9.98 Å². The Morgan fingerprint density at radius 2 is 2.36 bits per heavy atom. The lowest BCUT2D eigenvalue weighted by Gasteiger charge is -2.00. The Morgan fingerprint density at radius 3 is 3.18 bits per heavy atom. The van der Waals surface area contributed by atoms with E-state index in [0.29, 0.717) is 0 Å². The normalized spacial score (nSPS) is 20.6. The van der Waals surface area contributed by atoms with Crippen LogP contribution in [0.25, 0.3) is 0 Å². The lowest BCUT2D eigenvalue weighted by Crippen LogP contribution is -2.00. The van der Waals surface area contributed by atoms with Crippen molar-refractivity contribution in [3.63, 3.8) is 0 Å². The maximum atomic E-state index is 4.21. The van der Waals surface area contributed by atoms with E-state index in [1.165, 1.54) is 12.8 Å². The van der Waals surface area contributed by atoms with Crippen molar-refractivity contribution in [2.75, 3.05) is 0 Å². The van der Waals surface area contributed by atoms with Crippen molar-refractivity contribution >= 4 is 12.4 Å². The fourth-order valence-corrected chi connectivity index (χ4v) is 0.906. The molecule has 0 spiro atoms. The monoisotopic (exact) mass is 148 g/mol. The highest BCUT2D eigenvalue weighted by Crippen LogP contribution is 2.03. The predicted octanol–water partition coefficient (Wildman–Crippen LogP) is 1.66. The van der Waals surface area contributed by atoms with Crippen LogP contribution in [0, 0.1) is 12.0 Å². The molecule has 11 heavy (non-hydrogen) atoms. The topological polar surface area (TPSA) is 24.7 Å². The van der Waals surface area contributed by atoms with Crippen LogP contribution in [0.5, 0.6) is 0 Å². The second-order valence-electron chi connectivity index (χ2n) is 2.49. The van der Waals surface area contributed by atoms with Crippen molar-refractivity contribution in [1.82, 2.24) is 0 Å². The second-order valence-corrected chi connectivity index (χ2v) is 2.49. The number of aliphatic imine (C=N–C) groups is 2. The summed E-state index contributed by atoms with van der Waals surface area (Å²) >= 11 is 0. The highest BCUT2D eigenvalue weighted by molar-refractivity contribution is 6.16. The first-order valence-corrected chi connectivity index (χ1v) is 3.99. The Morgan fingerprint density at radius 1 is 1.45 bits per heavy atom. The quantitative estimate of drug-likeness (QED) is 0.544. The smallest absolute Gasteiger partial charge is 0.112 e. The zero-order valence-corrected chi connectivity index (χ0v) is 6.75. The summed E-state index contributed by atoms with van der Waals surface area (Å²) in [5.41, 5.74) is 0. The molecule has 0 aromatic rings. The molecule has 0 aromatic carbocycles. The third kappa shape index (κ3) is 2.99. The van der Waals surface area contributed by atoms with Crippen LogP contribution in [0.2, 0.25) is 0 Å². The Hall–Kier alpha value is -1.10. The Bertz CT molecular complexity index is 217. The van der Waals surface area contributed by atoms with Gasteiger partial charge in [-0.05, 0) is 6.42 Å². The molecule has 2 heteroatoms. The van der Waals surface area contributed by atoms with Gasteiger partial charge in [0.2, 0.25) is 0 Å². The molecular weight excluding hydrogens is 136 g/mol. The molecule has 2 nitrogen and oxygen atoms in total. The molecule has 1 rings (SSSR count). The molecule has 1 atom stereocenters. The van der Waals surface area contributed by atoms with Crippen LogP contribution in [0.4, 0.5) is 0 Å². The molecule has 0 saturated heterocycles. The summed E-state index contributed by atoms with van der Waals surface area (Å²) in [7, 11) is 0. The summed E-state index contributed by atoms with van der Waals surface area (Å²) in [5, 5.41) is 0. The van der Waals surface area contributed by atoms with Crippen LogP contribution in [0.3, 0.4) is 0 Å². The van der Waals surface area contributed by atoms with Gasteiger partial charge in [0.25, 0.3) is 0 Å². The average molecular weight is 148 g/mol. The molecular formula is C9H12N2. The van der Waals surface area contributed by atoms with Gasteiger partial charge in [-0.25, -0.2) is 4.99 Å². The molecule has 1 unspecified atom stereocenters. The van der Waals surface area contributed by atoms with E-state index >= 15 is 0 Å². The number of hydrogen-bond acceptors (Lipinski definition) is 2. The van der Waals surface area contributed by atoms with Gasteiger partial charge in [-0.1, -0.05) is 25.7 Å². The summed E-state index contributed by atoms with van der Waals surface area (Å²) in [4.78, 5) is 8.01. The van der Waals surface area contributed by atoms with Crippen LogP contribution in [0.1, 0.15) is 26.2 Å². The van der Waals surface area contributed by atoms with Crippen molar-refractivity contribution < 1.29 is 0 Å². The summed E-state index contributed by atoms with van der Waals surface area (Å²) in [6.07, 6.45) is 6.81. The minimum Gasteiger partial charge on any atom is -0.275 e.